The number of aliphatic hydroxyl groups is 6. The Bertz CT molecular complexity index is 1450. The Morgan fingerprint density at radius 1 is 0.306 bits per heavy atom. The van der Waals surface area contributed by atoms with Crippen molar-refractivity contribution in [3.8, 4) is 0 Å². The molecule has 0 aromatic carbocycles. The third-order valence-corrected chi connectivity index (χ3v) is 20.5. The van der Waals surface area contributed by atoms with E-state index in [2.05, 4.69) is 166 Å². The molecule has 0 aromatic rings. The van der Waals surface area contributed by atoms with Crippen LogP contribution in [0.3, 0.4) is 0 Å². The lowest BCUT2D eigenvalue weighted by molar-refractivity contribution is -0.0453. The van der Waals surface area contributed by atoms with Crippen molar-refractivity contribution in [2.24, 2.45) is 104 Å². The Morgan fingerprint density at radius 2 is 0.819 bits per heavy atom. The molecule has 72 heavy (non-hydrogen) atoms. The molecule has 6 heteroatoms. The third kappa shape index (κ3) is 23.0. The summed E-state index contributed by atoms with van der Waals surface area (Å²) in [6.45, 7) is 54.2. The highest BCUT2D eigenvalue weighted by Crippen LogP contribution is 2.48. The lowest BCUT2D eigenvalue weighted by Gasteiger charge is -2.44. The minimum absolute atomic E-state index is 0.0366. The van der Waals surface area contributed by atoms with Crippen molar-refractivity contribution in [3.05, 3.63) is 0 Å². The Hall–Kier alpha value is -0.240. The number of rotatable bonds is 6. The second kappa shape index (κ2) is 29.7. The molecule has 12 unspecified atom stereocenters. The molecule has 6 aliphatic carbocycles. The van der Waals surface area contributed by atoms with Crippen LogP contribution >= 0.6 is 0 Å². The molecule has 0 aliphatic heterocycles. The molecule has 6 N–H and O–H groups in total. The highest BCUT2D eigenvalue weighted by Gasteiger charge is 2.42. The van der Waals surface area contributed by atoms with Crippen LogP contribution < -0.4 is 0 Å². The molecular formula is C66H132O6. The van der Waals surface area contributed by atoms with E-state index in [1.807, 2.05) is 0 Å². The van der Waals surface area contributed by atoms with Crippen LogP contribution in [0.1, 0.15) is 282 Å². The maximum atomic E-state index is 9.86. The minimum Gasteiger partial charge on any atom is -0.393 e. The Kier molecular flexibility index (Phi) is 28.7. The molecule has 0 aromatic heterocycles. The van der Waals surface area contributed by atoms with E-state index in [1.165, 1.54) is 57.8 Å². The molecule has 12 atom stereocenters. The van der Waals surface area contributed by atoms with Crippen molar-refractivity contribution in [1.29, 1.82) is 0 Å². The molecule has 0 amide bonds. The summed E-state index contributed by atoms with van der Waals surface area (Å²) < 4.78 is 0. The molecule has 6 aliphatic rings. The first-order valence-electron chi connectivity index (χ1n) is 30.7. The predicted molar refractivity (Wildman–Crippen MR) is 312 cm³/mol. The Labute approximate surface area is 450 Å². The summed E-state index contributed by atoms with van der Waals surface area (Å²) in [6.07, 6.45) is 19.6. The Balaban J connectivity index is 0.000000432. The normalized spacial score (nSPS) is 35.5. The summed E-state index contributed by atoms with van der Waals surface area (Å²) in [5, 5.41) is 58.2. The van der Waals surface area contributed by atoms with Crippen LogP contribution in [0, 0.1) is 104 Å². The molecular weight excluding hydrogens is 889 g/mol. The minimum atomic E-state index is -0.0846. The predicted octanol–water partition coefficient (Wildman–Crippen LogP) is 17.0. The molecule has 432 valence electrons. The van der Waals surface area contributed by atoms with E-state index in [0.29, 0.717) is 39.9 Å². The number of aliphatic hydroxyl groups excluding tert-OH is 6. The molecule has 6 rings (SSSR count). The average molecular weight is 1020 g/mol. The monoisotopic (exact) mass is 1020 g/mol. The van der Waals surface area contributed by atoms with Gasteiger partial charge in [0.15, 0.2) is 0 Å². The summed E-state index contributed by atoms with van der Waals surface area (Å²) in [5.41, 5.74) is 1.57. The Morgan fingerprint density at radius 3 is 1.24 bits per heavy atom. The lowest BCUT2D eigenvalue weighted by Crippen LogP contribution is -2.42. The van der Waals surface area contributed by atoms with E-state index in [9.17, 15) is 30.6 Å². The highest BCUT2D eigenvalue weighted by atomic mass is 16.3. The van der Waals surface area contributed by atoms with Gasteiger partial charge in [0, 0.05) is 0 Å². The first-order valence-corrected chi connectivity index (χ1v) is 30.7. The van der Waals surface area contributed by atoms with Gasteiger partial charge >= 0.3 is 0 Å². The molecule has 0 radical (unpaired) electrons. The van der Waals surface area contributed by atoms with Gasteiger partial charge in [0.2, 0.25) is 0 Å². The van der Waals surface area contributed by atoms with Gasteiger partial charge in [0.05, 0.1) is 36.6 Å². The van der Waals surface area contributed by atoms with Gasteiger partial charge in [-0.3, -0.25) is 0 Å². The average Bonchev–Trinajstić information content (AvgIpc) is 3.21. The lowest BCUT2D eigenvalue weighted by atomic mass is 9.63. The zero-order valence-electron chi connectivity index (χ0n) is 52.8. The van der Waals surface area contributed by atoms with Gasteiger partial charge in [-0.15, -0.1) is 0 Å². The number of hydrogen-bond acceptors (Lipinski definition) is 6. The fraction of sp³-hybridized carbons (Fsp3) is 1.00. The van der Waals surface area contributed by atoms with Crippen molar-refractivity contribution in [2.75, 3.05) is 0 Å². The van der Waals surface area contributed by atoms with Gasteiger partial charge in [-0.1, -0.05) is 173 Å². The van der Waals surface area contributed by atoms with Gasteiger partial charge < -0.3 is 30.6 Å². The van der Waals surface area contributed by atoms with Crippen molar-refractivity contribution in [3.63, 3.8) is 0 Å². The van der Waals surface area contributed by atoms with Crippen LogP contribution in [0.4, 0.5) is 0 Å². The molecule has 0 spiro atoms. The molecule has 6 nitrogen and oxygen atoms in total. The molecule has 6 saturated carbocycles. The van der Waals surface area contributed by atoms with Crippen LogP contribution in [-0.4, -0.2) is 67.3 Å². The van der Waals surface area contributed by atoms with E-state index in [0.717, 1.165) is 105 Å². The van der Waals surface area contributed by atoms with E-state index < -0.39 is 0 Å². The van der Waals surface area contributed by atoms with Gasteiger partial charge in [-0.25, -0.2) is 0 Å². The van der Waals surface area contributed by atoms with Gasteiger partial charge in [0.1, 0.15) is 0 Å². The largest absolute Gasteiger partial charge is 0.393 e. The topological polar surface area (TPSA) is 121 Å². The van der Waals surface area contributed by atoms with Gasteiger partial charge in [-0.2, -0.15) is 0 Å². The van der Waals surface area contributed by atoms with E-state index in [1.54, 1.807) is 0 Å². The summed E-state index contributed by atoms with van der Waals surface area (Å²) in [4.78, 5) is 0. The van der Waals surface area contributed by atoms with Crippen LogP contribution in [0.5, 0.6) is 0 Å². The molecule has 0 heterocycles. The summed E-state index contributed by atoms with van der Waals surface area (Å²) in [7, 11) is 0. The quantitative estimate of drug-likeness (QED) is 0.158. The standard InChI is InChI=1S/6C11H22O/c1-8(2)9-5-10(12)7-11(3,4)6-9;1-8(2)10-7-9(12)5-6-11(10,3)4;1-8(2)10-6-5-9(12)7-11(10,3)4;1-8(2)9-5-6-11(3,4)10(12)7-9;1-8(2)9-5-6-10(12)11(3,4)7-9;1-8(2)9-6-5-7-10(12)11(9,3)4/h6*8-10,12H,5-7H2,1-4H3. The first kappa shape index (κ1) is 69.8. The second-order valence-electron chi connectivity index (χ2n) is 31.7. The summed E-state index contributed by atoms with van der Waals surface area (Å²) in [6, 6.07) is 0. The summed E-state index contributed by atoms with van der Waals surface area (Å²) >= 11 is 0. The number of hydrogen-bond donors (Lipinski definition) is 6. The maximum Gasteiger partial charge on any atom is 0.0593 e. The van der Waals surface area contributed by atoms with Gasteiger partial charge in [-0.05, 0) is 213 Å². The SMILES string of the molecule is CC(C)C1CC(O)CC(C)(C)C1.CC(C)C1CC(O)CCC1(C)C.CC(C)C1CCC(C)(C)C(O)C1.CC(C)C1CCC(O)C(C)(C)C1.CC(C)C1CCC(O)CC1(C)C.CC(C)C1CCCC(O)C1(C)C. The zero-order valence-corrected chi connectivity index (χ0v) is 52.8. The maximum absolute atomic E-state index is 9.86. The zero-order chi connectivity index (χ0) is 56.1. The molecule has 0 saturated heterocycles. The van der Waals surface area contributed by atoms with Crippen LogP contribution in [0.15, 0.2) is 0 Å². The van der Waals surface area contributed by atoms with Crippen molar-refractivity contribution in [2.45, 2.75) is 318 Å². The van der Waals surface area contributed by atoms with E-state index in [-0.39, 0.29) is 52.9 Å². The van der Waals surface area contributed by atoms with Gasteiger partial charge in [0.25, 0.3) is 0 Å². The molecule has 0 bridgehead atoms. The van der Waals surface area contributed by atoms with E-state index >= 15 is 0 Å². The van der Waals surface area contributed by atoms with Crippen molar-refractivity contribution >= 4 is 0 Å². The van der Waals surface area contributed by atoms with Crippen molar-refractivity contribution in [1.82, 2.24) is 0 Å². The summed E-state index contributed by atoms with van der Waals surface area (Å²) in [5.74, 6) is 8.87. The second-order valence-corrected chi connectivity index (χ2v) is 31.7. The van der Waals surface area contributed by atoms with Crippen LogP contribution in [0.2, 0.25) is 0 Å². The fourth-order valence-corrected chi connectivity index (χ4v) is 15.0. The van der Waals surface area contributed by atoms with E-state index in [4.69, 9.17) is 0 Å². The third-order valence-electron chi connectivity index (χ3n) is 20.5. The first-order chi connectivity index (χ1) is 32.6. The highest BCUT2D eigenvalue weighted by molar-refractivity contribution is 4.92. The van der Waals surface area contributed by atoms with Crippen molar-refractivity contribution < 1.29 is 30.6 Å². The van der Waals surface area contributed by atoms with Crippen LogP contribution in [0.25, 0.3) is 0 Å². The fourth-order valence-electron chi connectivity index (χ4n) is 15.0. The van der Waals surface area contributed by atoms with Crippen LogP contribution in [-0.2, 0) is 0 Å². The molecule has 6 fully saturated rings. The smallest absolute Gasteiger partial charge is 0.0593 e.